The fourth-order valence-electron chi connectivity index (χ4n) is 2.78. The standard InChI is InChI=1S/C13H11BrClNO3/c14-7-1-2-8-9(3-7)13(4-10(13)15)6-16(12(8)19)5-11(17)18/h1-3,10H,4-6H2,(H,17,18)/t10?,13-/m0/s1. The van der Waals surface area contributed by atoms with E-state index in [2.05, 4.69) is 15.9 Å². The highest BCUT2D eigenvalue weighted by Crippen LogP contribution is 2.56. The van der Waals surface area contributed by atoms with Crippen LogP contribution in [0.1, 0.15) is 22.3 Å². The summed E-state index contributed by atoms with van der Waals surface area (Å²) in [6.07, 6.45) is 0.779. The van der Waals surface area contributed by atoms with Crippen molar-refractivity contribution in [2.45, 2.75) is 17.2 Å². The van der Waals surface area contributed by atoms with Crippen LogP contribution in [0.5, 0.6) is 0 Å². The van der Waals surface area contributed by atoms with Crippen LogP contribution < -0.4 is 0 Å². The maximum atomic E-state index is 12.3. The summed E-state index contributed by atoms with van der Waals surface area (Å²) in [4.78, 5) is 24.5. The minimum atomic E-state index is -1.00. The van der Waals surface area contributed by atoms with Crippen molar-refractivity contribution >= 4 is 39.4 Å². The quantitative estimate of drug-likeness (QED) is 0.837. The largest absolute Gasteiger partial charge is 0.480 e. The zero-order valence-electron chi connectivity index (χ0n) is 9.90. The summed E-state index contributed by atoms with van der Waals surface area (Å²) in [5, 5.41) is 8.86. The first kappa shape index (κ1) is 12.9. The second-order valence-electron chi connectivity index (χ2n) is 5.07. The third-order valence-electron chi connectivity index (χ3n) is 3.82. The molecule has 1 aromatic carbocycles. The van der Waals surface area contributed by atoms with Crippen LogP contribution in [0.15, 0.2) is 22.7 Å². The van der Waals surface area contributed by atoms with Gasteiger partial charge >= 0.3 is 5.97 Å². The first-order chi connectivity index (χ1) is 8.94. The number of amides is 1. The molecule has 2 atom stereocenters. The zero-order valence-corrected chi connectivity index (χ0v) is 12.2. The monoisotopic (exact) mass is 343 g/mol. The van der Waals surface area contributed by atoms with E-state index in [1.54, 1.807) is 12.1 Å². The molecule has 1 spiro atoms. The number of aliphatic carboxylic acids is 1. The fraction of sp³-hybridized carbons (Fsp3) is 0.385. The number of hydrogen-bond donors (Lipinski definition) is 1. The van der Waals surface area contributed by atoms with Gasteiger partial charge in [-0.05, 0) is 30.2 Å². The number of carboxylic acids is 1. The van der Waals surface area contributed by atoms with E-state index in [1.807, 2.05) is 6.07 Å². The third kappa shape index (κ3) is 1.96. The summed E-state index contributed by atoms with van der Waals surface area (Å²) in [5.41, 5.74) is 1.23. The van der Waals surface area contributed by atoms with Crippen LogP contribution in [-0.2, 0) is 10.2 Å². The molecular weight excluding hydrogens is 334 g/mol. The summed E-state index contributed by atoms with van der Waals surface area (Å²) in [6.45, 7) is 0.107. The summed E-state index contributed by atoms with van der Waals surface area (Å²) >= 11 is 9.65. The molecule has 2 aliphatic rings. The zero-order chi connectivity index (χ0) is 13.8. The number of rotatable bonds is 2. The molecule has 3 rings (SSSR count). The van der Waals surface area contributed by atoms with Gasteiger partial charge < -0.3 is 10.0 Å². The van der Waals surface area contributed by atoms with Crippen LogP contribution in [-0.4, -0.2) is 40.3 Å². The molecular formula is C13H11BrClNO3. The summed E-state index contributed by atoms with van der Waals surface area (Å²) in [7, 11) is 0. The first-order valence-electron chi connectivity index (χ1n) is 5.89. The smallest absolute Gasteiger partial charge is 0.323 e. The molecule has 1 aliphatic carbocycles. The highest BCUT2D eigenvalue weighted by Gasteiger charge is 2.59. The van der Waals surface area contributed by atoms with Gasteiger partial charge in [0.2, 0.25) is 0 Å². The van der Waals surface area contributed by atoms with Crippen LogP contribution in [0.3, 0.4) is 0 Å². The molecule has 1 aliphatic heterocycles. The van der Waals surface area contributed by atoms with Crippen LogP contribution >= 0.6 is 27.5 Å². The van der Waals surface area contributed by atoms with Crippen molar-refractivity contribution in [3.63, 3.8) is 0 Å². The van der Waals surface area contributed by atoms with Crippen LogP contribution in [0.4, 0.5) is 0 Å². The van der Waals surface area contributed by atoms with Crippen molar-refractivity contribution < 1.29 is 14.7 Å². The minimum absolute atomic E-state index is 0.0371. The van der Waals surface area contributed by atoms with Gasteiger partial charge in [0.1, 0.15) is 6.54 Å². The number of carbonyl (C=O) groups excluding carboxylic acids is 1. The molecule has 4 nitrogen and oxygen atoms in total. The van der Waals surface area contributed by atoms with Crippen molar-refractivity contribution in [3.8, 4) is 0 Å². The molecule has 1 saturated carbocycles. The van der Waals surface area contributed by atoms with Gasteiger partial charge in [-0.15, -0.1) is 11.6 Å². The van der Waals surface area contributed by atoms with Crippen LogP contribution in [0.25, 0.3) is 0 Å². The average molecular weight is 345 g/mol. The SMILES string of the molecule is O=C(O)CN1C[C@@]2(CC2Cl)c2cc(Br)ccc2C1=O. The summed E-state index contributed by atoms with van der Waals surface area (Å²) in [6, 6.07) is 5.45. The molecule has 1 aromatic rings. The maximum Gasteiger partial charge on any atom is 0.323 e. The molecule has 1 fully saturated rings. The molecule has 0 aromatic heterocycles. The molecule has 1 amide bonds. The number of carbonyl (C=O) groups is 2. The molecule has 0 radical (unpaired) electrons. The van der Waals surface area contributed by atoms with Crippen molar-refractivity contribution in [1.82, 2.24) is 4.90 Å². The van der Waals surface area contributed by atoms with E-state index in [0.717, 1.165) is 16.5 Å². The highest BCUT2D eigenvalue weighted by atomic mass is 79.9. The number of fused-ring (bicyclic) bond motifs is 2. The van der Waals surface area contributed by atoms with E-state index in [-0.39, 0.29) is 23.2 Å². The minimum Gasteiger partial charge on any atom is -0.480 e. The Balaban J connectivity index is 2.07. The molecule has 6 heteroatoms. The van der Waals surface area contributed by atoms with Gasteiger partial charge in [0.25, 0.3) is 5.91 Å². The van der Waals surface area contributed by atoms with E-state index in [4.69, 9.17) is 16.7 Å². The topological polar surface area (TPSA) is 57.6 Å². The molecule has 0 bridgehead atoms. The van der Waals surface area contributed by atoms with E-state index >= 15 is 0 Å². The lowest BCUT2D eigenvalue weighted by Gasteiger charge is -2.34. The maximum absolute atomic E-state index is 12.3. The number of alkyl halides is 1. The molecule has 1 unspecified atom stereocenters. The van der Waals surface area contributed by atoms with Crippen LogP contribution in [0, 0.1) is 0 Å². The predicted octanol–water partition coefficient (Wildman–Crippen LogP) is 2.24. The number of hydrogen-bond acceptors (Lipinski definition) is 2. The first-order valence-corrected chi connectivity index (χ1v) is 7.12. The molecule has 0 saturated heterocycles. The Morgan fingerprint density at radius 3 is 2.84 bits per heavy atom. The molecule has 100 valence electrons. The Kier molecular flexibility index (Phi) is 2.87. The lowest BCUT2D eigenvalue weighted by molar-refractivity contribution is -0.137. The normalized spacial score (nSPS) is 28.4. The second-order valence-corrected chi connectivity index (χ2v) is 6.52. The Morgan fingerprint density at radius 1 is 1.58 bits per heavy atom. The van der Waals surface area contributed by atoms with Gasteiger partial charge in [-0.25, -0.2) is 0 Å². The van der Waals surface area contributed by atoms with E-state index < -0.39 is 5.97 Å². The number of nitrogens with zero attached hydrogens (tertiary/aromatic N) is 1. The lowest BCUT2D eigenvalue weighted by atomic mass is 9.86. The average Bonchev–Trinajstić information content (AvgIpc) is 2.97. The Labute approximate surface area is 123 Å². The Hall–Kier alpha value is -1.07. The summed E-state index contributed by atoms with van der Waals surface area (Å²) in [5.74, 6) is -1.23. The lowest BCUT2D eigenvalue weighted by Crippen LogP contribution is -2.46. The van der Waals surface area contributed by atoms with Crippen molar-refractivity contribution in [3.05, 3.63) is 33.8 Å². The Morgan fingerprint density at radius 2 is 2.26 bits per heavy atom. The van der Waals surface area contributed by atoms with Gasteiger partial charge in [0.05, 0.1) is 0 Å². The van der Waals surface area contributed by atoms with Gasteiger partial charge in [-0.2, -0.15) is 0 Å². The number of carboxylic acid groups (broad SMARTS) is 1. The highest BCUT2D eigenvalue weighted by molar-refractivity contribution is 9.10. The Bertz CT molecular complexity index is 591. The molecule has 19 heavy (non-hydrogen) atoms. The van der Waals surface area contributed by atoms with Gasteiger partial charge in [-0.1, -0.05) is 15.9 Å². The second kappa shape index (κ2) is 4.21. The number of halogens is 2. The third-order valence-corrected chi connectivity index (χ3v) is 4.88. The van der Waals surface area contributed by atoms with Gasteiger partial charge in [-0.3, -0.25) is 9.59 Å². The van der Waals surface area contributed by atoms with Crippen molar-refractivity contribution in [2.75, 3.05) is 13.1 Å². The van der Waals surface area contributed by atoms with Crippen molar-refractivity contribution in [2.24, 2.45) is 0 Å². The van der Waals surface area contributed by atoms with Crippen LogP contribution in [0.2, 0.25) is 0 Å². The predicted molar refractivity (Wildman–Crippen MR) is 73.6 cm³/mol. The number of benzene rings is 1. The van der Waals surface area contributed by atoms with E-state index in [0.29, 0.717) is 12.1 Å². The van der Waals surface area contributed by atoms with Gasteiger partial charge in [0, 0.05) is 27.4 Å². The molecule has 1 heterocycles. The van der Waals surface area contributed by atoms with Crippen molar-refractivity contribution in [1.29, 1.82) is 0 Å². The van der Waals surface area contributed by atoms with E-state index in [9.17, 15) is 9.59 Å². The summed E-state index contributed by atoms with van der Waals surface area (Å²) < 4.78 is 0.904. The van der Waals surface area contributed by atoms with E-state index in [1.165, 1.54) is 4.90 Å². The molecule has 1 N–H and O–H groups in total. The van der Waals surface area contributed by atoms with Gasteiger partial charge in [0.15, 0.2) is 0 Å². The fourth-order valence-corrected chi connectivity index (χ4v) is 3.60.